The van der Waals surface area contributed by atoms with Crippen molar-refractivity contribution in [3.63, 3.8) is 0 Å². The lowest BCUT2D eigenvalue weighted by Crippen LogP contribution is -2.51. The highest BCUT2D eigenvalue weighted by Gasteiger charge is 2.42. The van der Waals surface area contributed by atoms with E-state index in [0.29, 0.717) is 18.7 Å². The van der Waals surface area contributed by atoms with Crippen molar-refractivity contribution in [2.75, 3.05) is 13.6 Å². The highest BCUT2D eigenvalue weighted by Crippen LogP contribution is 2.43. The monoisotopic (exact) mass is 371 g/mol. The number of hydrogen-bond donors (Lipinski definition) is 1. The standard InChI is InChI=1S/C21H29N3O3/c1-14-15(2)19-17(16(3)18(14)25)8-9-21(4,27-19)20(26)23(5)11-7-13-24-12-6-10-22-24/h6,10,12,25H,7-9,11,13H2,1-5H3/t21-/m1/s1. The van der Waals surface area contributed by atoms with E-state index in [-0.39, 0.29) is 5.91 Å². The van der Waals surface area contributed by atoms with Gasteiger partial charge in [-0.1, -0.05) is 0 Å². The van der Waals surface area contributed by atoms with Gasteiger partial charge in [-0.3, -0.25) is 9.48 Å². The van der Waals surface area contributed by atoms with Gasteiger partial charge in [-0.05, 0) is 63.3 Å². The lowest BCUT2D eigenvalue weighted by atomic mass is 9.86. The Morgan fingerprint density at radius 3 is 2.74 bits per heavy atom. The number of fused-ring (bicyclic) bond motifs is 1. The number of benzene rings is 1. The minimum atomic E-state index is -0.881. The molecule has 0 unspecified atom stereocenters. The van der Waals surface area contributed by atoms with Crippen molar-refractivity contribution in [2.45, 2.75) is 59.1 Å². The summed E-state index contributed by atoms with van der Waals surface area (Å²) in [7, 11) is 1.83. The highest BCUT2D eigenvalue weighted by atomic mass is 16.5. The number of phenols is 1. The second kappa shape index (κ2) is 7.25. The molecule has 1 aromatic heterocycles. The third-order valence-electron chi connectivity index (χ3n) is 5.76. The predicted octanol–water partition coefficient (Wildman–Crippen LogP) is 3.15. The van der Waals surface area contributed by atoms with Gasteiger partial charge in [0.05, 0.1) is 0 Å². The van der Waals surface area contributed by atoms with E-state index < -0.39 is 5.60 Å². The van der Waals surface area contributed by atoms with Gasteiger partial charge in [-0.2, -0.15) is 5.10 Å². The van der Waals surface area contributed by atoms with Gasteiger partial charge in [0.1, 0.15) is 11.5 Å². The first-order valence-electron chi connectivity index (χ1n) is 9.48. The smallest absolute Gasteiger partial charge is 0.266 e. The summed E-state index contributed by atoms with van der Waals surface area (Å²) in [5.41, 5.74) is 2.72. The molecular formula is C21H29N3O3. The topological polar surface area (TPSA) is 67.6 Å². The molecule has 2 heterocycles. The normalized spacial score (nSPS) is 18.7. The van der Waals surface area contributed by atoms with Gasteiger partial charge in [-0.25, -0.2) is 0 Å². The molecule has 0 bridgehead atoms. The first-order chi connectivity index (χ1) is 12.7. The zero-order chi connectivity index (χ0) is 19.8. The van der Waals surface area contributed by atoms with Crippen LogP contribution in [0.25, 0.3) is 0 Å². The van der Waals surface area contributed by atoms with Crippen LogP contribution in [0.3, 0.4) is 0 Å². The van der Waals surface area contributed by atoms with Gasteiger partial charge in [0.25, 0.3) is 5.91 Å². The summed E-state index contributed by atoms with van der Waals surface area (Å²) in [5.74, 6) is 1.09. The molecule has 2 aromatic rings. The van der Waals surface area contributed by atoms with Crippen LogP contribution in [-0.2, 0) is 17.8 Å². The third kappa shape index (κ3) is 3.53. The summed E-state index contributed by atoms with van der Waals surface area (Å²) < 4.78 is 8.15. The van der Waals surface area contributed by atoms with Gasteiger partial charge >= 0.3 is 0 Å². The molecule has 1 amide bonds. The quantitative estimate of drug-likeness (QED) is 0.877. The Hall–Kier alpha value is -2.50. The van der Waals surface area contributed by atoms with Crippen LogP contribution < -0.4 is 4.74 Å². The summed E-state index contributed by atoms with van der Waals surface area (Å²) in [6, 6.07) is 1.90. The second-order valence-electron chi connectivity index (χ2n) is 7.71. The van der Waals surface area contributed by atoms with Crippen molar-refractivity contribution in [1.29, 1.82) is 0 Å². The maximum absolute atomic E-state index is 13.1. The van der Waals surface area contributed by atoms with Gasteiger partial charge < -0.3 is 14.7 Å². The summed E-state index contributed by atoms with van der Waals surface area (Å²) in [6.07, 6.45) is 5.84. The van der Waals surface area contributed by atoms with Crippen molar-refractivity contribution in [3.8, 4) is 11.5 Å². The lowest BCUT2D eigenvalue weighted by molar-refractivity contribution is -0.147. The number of aryl methyl sites for hydroxylation is 1. The molecule has 0 radical (unpaired) electrons. The van der Waals surface area contributed by atoms with Crippen LogP contribution in [0.15, 0.2) is 18.5 Å². The molecule has 1 N–H and O–H groups in total. The van der Waals surface area contributed by atoms with Crippen LogP contribution in [-0.4, -0.2) is 44.9 Å². The van der Waals surface area contributed by atoms with Crippen LogP contribution in [0.1, 0.15) is 42.0 Å². The molecule has 3 rings (SSSR count). The molecule has 0 fully saturated rings. The molecule has 0 saturated heterocycles. The van der Waals surface area contributed by atoms with Crippen LogP contribution in [0.4, 0.5) is 0 Å². The van der Waals surface area contributed by atoms with Gasteiger partial charge in [-0.15, -0.1) is 0 Å². The number of aromatic hydroxyl groups is 1. The number of ether oxygens (including phenoxy) is 1. The average Bonchev–Trinajstić information content (AvgIpc) is 3.17. The molecule has 0 spiro atoms. The SMILES string of the molecule is Cc1c(C)c2c(c(C)c1O)CC[C@](C)(C(=O)N(C)CCCn1cccn1)O2. The molecule has 27 heavy (non-hydrogen) atoms. The van der Waals surface area contributed by atoms with Crippen LogP contribution >= 0.6 is 0 Å². The van der Waals surface area contributed by atoms with Gasteiger partial charge in [0.2, 0.25) is 0 Å². The summed E-state index contributed by atoms with van der Waals surface area (Å²) in [4.78, 5) is 14.9. The van der Waals surface area contributed by atoms with Crippen molar-refractivity contribution in [1.82, 2.24) is 14.7 Å². The van der Waals surface area contributed by atoms with Crippen molar-refractivity contribution in [2.24, 2.45) is 0 Å². The fraction of sp³-hybridized carbons (Fsp3) is 0.524. The van der Waals surface area contributed by atoms with E-state index >= 15 is 0 Å². The summed E-state index contributed by atoms with van der Waals surface area (Å²) >= 11 is 0. The number of carbonyl (C=O) groups is 1. The van der Waals surface area contributed by atoms with E-state index in [1.807, 2.05) is 51.7 Å². The number of amides is 1. The maximum Gasteiger partial charge on any atom is 0.266 e. The molecular weight excluding hydrogens is 342 g/mol. The largest absolute Gasteiger partial charge is 0.507 e. The number of phenolic OH excluding ortho intramolecular Hbond substituents is 1. The molecule has 0 saturated carbocycles. The number of aromatic nitrogens is 2. The third-order valence-corrected chi connectivity index (χ3v) is 5.76. The van der Waals surface area contributed by atoms with Gasteiger partial charge in [0, 0.05) is 44.5 Å². The second-order valence-corrected chi connectivity index (χ2v) is 7.71. The lowest BCUT2D eigenvalue weighted by Gasteiger charge is -2.38. The van der Waals surface area contributed by atoms with Gasteiger partial charge in [0.15, 0.2) is 5.60 Å². The zero-order valence-corrected chi connectivity index (χ0v) is 16.9. The van der Waals surface area contributed by atoms with E-state index in [0.717, 1.165) is 47.4 Å². The minimum absolute atomic E-state index is 0.00334. The van der Waals surface area contributed by atoms with Crippen LogP contribution in [0, 0.1) is 20.8 Å². The Balaban J connectivity index is 1.72. The highest BCUT2D eigenvalue weighted by molar-refractivity contribution is 5.85. The van der Waals surface area contributed by atoms with Crippen LogP contribution in [0.5, 0.6) is 11.5 Å². The molecule has 0 aliphatic carbocycles. The van der Waals surface area contributed by atoms with Crippen molar-refractivity contribution >= 4 is 5.91 Å². The maximum atomic E-state index is 13.1. The van der Waals surface area contributed by atoms with Crippen molar-refractivity contribution < 1.29 is 14.6 Å². The molecule has 6 heteroatoms. The van der Waals surface area contributed by atoms with E-state index in [9.17, 15) is 9.90 Å². The molecule has 6 nitrogen and oxygen atoms in total. The summed E-state index contributed by atoms with van der Waals surface area (Å²) in [5, 5.41) is 14.5. The number of likely N-dealkylation sites (N-methyl/N-ethyl adjacent to an activating group) is 1. The number of hydrogen-bond acceptors (Lipinski definition) is 4. The number of nitrogens with zero attached hydrogens (tertiary/aromatic N) is 3. The number of rotatable bonds is 5. The fourth-order valence-electron chi connectivity index (χ4n) is 3.81. The first-order valence-corrected chi connectivity index (χ1v) is 9.48. The predicted molar refractivity (Wildman–Crippen MR) is 104 cm³/mol. The number of carbonyl (C=O) groups excluding carboxylic acids is 1. The van der Waals surface area contributed by atoms with E-state index in [1.54, 1.807) is 11.1 Å². The minimum Gasteiger partial charge on any atom is -0.507 e. The molecule has 1 aliphatic rings. The summed E-state index contributed by atoms with van der Waals surface area (Å²) in [6.45, 7) is 9.04. The Labute approximate surface area is 160 Å². The molecule has 1 aromatic carbocycles. The molecule has 1 atom stereocenters. The van der Waals surface area contributed by atoms with Crippen molar-refractivity contribution in [3.05, 3.63) is 40.7 Å². The van der Waals surface area contributed by atoms with E-state index in [1.165, 1.54) is 0 Å². The average molecular weight is 371 g/mol. The Morgan fingerprint density at radius 1 is 1.33 bits per heavy atom. The van der Waals surface area contributed by atoms with E-state index in [2.05, 4.69) is 5.10 Å². The zero-order valence-electron chi connectivity index (χ0n) is 16.9. The Morgan fingerprint density at radius 2 is 2.07 bits per heavy atom. The Bertz CT molecular complexity index is 845. The van der Waals surface area contributed by atoms with Crippen LogP contribution in [0.2, 0.25) is 0 Å². The molecule has 1 aliphatic heterocycles. The van der Waals surface area contributed by atoms with E-state index in [4.69, 9.17) is 4.74 Å². The first kappa shape index (κ1) is 19.3. The molecule has 146 valence electrons. The fourth-order valence-corrected chi connectivity index (χ4v) is 3.81. The Kier molecular flexibility index (Phi) is 5.18.